The number of carbonyl (C=O) groups is 2. The molecular weight excluding hydrogens is 338 g/mol. The van der Waals surface area contributed by atoms with E-state index in [1.54, 1.807) is 12.1 Å². The number of likely N-dealkylation sites (tertiary alicyclic amines) is 1. The van der Waals surface area contributed by atoms with Crippen molar-refractivity contribution >= 4 is 23.3 Å². The Kier molecular flexibility index (Phi) is 5.79. The molecule has 5 heteroatoms. The van der Waals surface area contributed by atoms with Crippen molar-refractivity contribution in [3.05, 3.63) is 59.7 Å². The highest BCUT2D eigenvalue weighted by Crippen LogP contribution is 2.34. The van der Waals surface area contributed by atoms with Crippen LogP contribution in [0.15, 0.2) is 48.5 Å². The van der Waals surface area contributed by atoms with E-state index in [1.807, 2.05) is 43.0 Å². The van der Waals surface area contributed by atoms with Crippen LogP contribution < -0.4 is 10.6 Å². The van der Waals surface area contributed by atoms with Gasteiger partial charge in [0.15, 0.2) is 0 Å². The summed E-state index contributed by atoms with van der Waals surface area (Å²) in [6.45, 7) is 6.55. The first-order valence-corrected chi connectivity index (χ1v) is 9.50. The van der Waals surface area contributed by atoms with Gasteiger partial charge in [-0.3, -0.25) is 4.79 Å². The molecule has 0 saturated carbocycles. The number of benzene rings is 2. The van der Waals surface area contributed by atoms with Gasteiger partial charge in [0, 0.05) is 23.8 Å². The molecule has 1 atom stereocenters. The molecule has 0 aromatic heterocycles. The number of carbonyl (C=O) groups excluding carboxylic acids is 2. The van der Waals surface area contributed by atoms with Crippen molar-refractivity contribution < 1.29 is 9.59 Å². The molecule has 3 amide bonds. The van der Waals surface area contributed by atoms with Crippen molar-refractivity contribution in [2.75, 3.05) is 17.2 Å². The van der Waals surface area contributed by atoms with Crippen LogP contribution in [0.5, 0.6) is 0 Å². The average Bonchev–Trinajstić information content (AvgIpc) is 3.13. The topological polar surface area (TPSA) is 61.4 Å². The van der Waals surface area contributed by atoms with Gasteiger partial charge in [-0.05, 0) is 55.2 Å². The fourth-order valence-corrected chi connectivity index (χ4v) is 3.41. The third kappa shape index (κ3) is 4.48. The number of anilines is 2. The molecule has 1 unspecified atom stereocenters. The van der Waals surface area contributed by atoms with Gasteiger partial charge in [0.25, 0.3) is 0 Å². The Morgan fingerprint density at radius 3 is 2.26 bits per heavy atom. The minimum absolute atomic E-state index is 0.0232. The second kappa shape index (κ2) is 8.25. The monoisotopic (exact) mass is 365 g/mol. The lowest BCUT2D eigenvalue weighted by molar-refractivity contribution is -0.118. The third-order valence-electron chi connectivity index (χ3n) is 4.99. The van der Waals surface area contributed by atoms with E-state index in [2.05, 4.69) is 29.7 Å². The van der Waals surface area contributed by atoms with Gasteiger partial charge in [-0.2, -0.15) is 0 Å². The molecule has 1 aliphatic heterocycles. The van der Waals surface area contributed by atoms with Crippen LogP contribution in [-0.2, 0) is 4.79 Å². The minimum Gasteiger partial charge on any atom is -0.326 e. The predicted molar refractivity (Wildman–Crippen MR) is 109 cm³/mol. The number of nitrogens with one attached hydrogen (secondary N) is 2. The van der Waals surface area contributed by atoms with E-state index < -0.39 is 0 Å². The minimum atomic E-state index is -0.0836. The lowest BCUT2D eigenvalue weighted by Crippen LogP contribution is -2.34. The van der Waals surface area contributed by atoms with Crippen LogP contribution in [0.4, 0.5) is 16.2 Å². The van der Waals surface area contributed by atoms with Gasteiger partial charge in [0.1, 0.15) is 0 Å². The highest BCUT2D eigenvalue weighted by molar-refractivity contribution is 5.93. The molecule has 1 fully saturated rings. The van der Waals surface area contributed by atoms with E-state index in [0.717, 1.165) is 30.8 Å². The van der Waals surface area contributed by atoms with Crippen molar-refractivity contribution in [3.63, 3.8) is 0 Å². The summed E-state index contributed by atoms with van der Waals surface area (Å²) in [6, 6.07) is 15.5. The first-order valence-electron chi connectivity index (χ1n) is 9.50. The van der Waals surface area contributed by atoms with Crippen molar-refractivity contribution in [3.8, 4) is 0 Å². The molecule has 3 rings (SSSR count). The molecule has 2 aromatic carbocycles. The zero-order chi connectivity index (χ0) is 19.4. The zero-order valence-corrected chi connectivity index (χ0v) is 16.2. The molecule has 5 nitrogen and oxygen atoms in total. The van der Waals surface area contributed by atoms with E-state index in [0.29, 0.717) is 0 Å². The van der Waals surface area contributed by atoms with Crippen molar-refractivity contribution in [1.29, 1.82) is 0 Å². The molecule has 2 aromatic rings. The zero-order valence-electron chi connectivity index (χ0n) is 16.2. The van der Waals surface area contributed by atoms with Gasteiger partial charge < -0.3 is 15.5 Å². The number of rotatable bonds is 4. The van der Waals surface area contributed by atoms with Gasteiger partial charge in [0.05, 0.1) is 6.04 Å². The second-order valence-electron chi connectivity index (χ2n) is 7.36. The predicted octanol–water partition coefficient (Wildman–Crippen LogP) is 4.96. The lowest BCUT2D eigenvalue weighted by atomic mass is 9.99. The Balaban J connectivity index is 1.66. The molecule has 2 N–H and O–H groups in total. The maximum atomic E-state index is 12.8. The quantitative estimate of drug-likeness (QED) is 0.804. The van der Waals surface area contributed by atoms with Crippen LogP contribution in [0, 0.1) is 12.8 Å². The lowest BCUT2D eigenvalue weighted by Gasteiger charge is -2.26. The summed E-state index contributed by atoms with van der Waals surface area (Å²) < 4.78 is 0. The second-order valence-corrected chi connectivity index (χ2v) is 7.36. The maximum absolute atomic E-state index is 12.8. The molecule has 142 valence electrons. The Labute approximate surface area is 160 Å². The number of aryl methyl sites for hydroxylation is 1. The van der Waals surface area contributed by atoms with E-state index in [9.17, 15) is 9.59 Å². The molecule has 0 aliphatic carbocycles. The maximum Gasteiger partial charge on any atom is 0.322 e. The summed E-state index contributed by atoms with van der Waals surface area (Å²) in [7, 11) is 0. The Morgan fingerprint density at radius 1 is 1.00 bits per heavy atom. The molecule has 0 spiro atoms. The van der Waals surface area contributed by atoms with E-state index in [-0.39, 0.29) is 23.9 Å². The Hall–Kier alpha value is -2.82. The SMILES string of the molecule is Cc1ccccc1C1CCCN1C(=O)Nc1ccc(NC(=O)C(C)C)cc1. The van der Waals surface area contributed by atoms with E-state index in [1.165, 1.54) is 11.1 Å². The summed E-state index contributed by atoms with van der Waals surface area (Å²) in [5, 5.41) is 5.83. The highest BCUT2D eigenvalue weighted by atomic mass is 16.2. The Morgan fingerprint density at radius 2 is 1.63 bits per heavy atom. The fourth-order valence-electron chi connectivity index (χ4n) is 3.41. The molecule has 1 saturated heterocycles. The van der Waals surface area contributed by atoms with Crippen LogP contribution in [0.25, 0.3) is 0 Å². The summed E-state index contributed by atoms with van der Waals surface area (Å²) in [4.78, 5) is 26.5. The molecule has 27 heavy (non-hydrogen) atoms. The molecule has 0 radical (unpaired) electrons. The van der Waals surface area contributed by atoms with Crippen LogP contribution in [-0.4, -0.2) is 23.4 Å². The number of hydrogen-bond acceptors (Lipinski definition) is 2. The van der Waals surface area contributed by atoms with Crippen LogP contribution in [0.2, 0.25) is 0 Å². The standard InChI is InChI=1S/C22H27N3O2/c1-15(2)21(26)23-17-10-12-18(13-11-17)24-22(27)25-14-6-9-20(25)19-8-5-4-7-16(19)3/h4-5,7-8,10-13,15,20H,6,9,14H2,1-3H3,(H,23,26)(H,24,27). The Bertz CT molecular complexity index is 815. The number of amides is 3. The van der Waals surface area contributed by atoms with E-state index in [4.69, 9.17) is 0 Å². The van der Waals surface area contributed by atoms with Crippen molar-refractivity contribution in [1.82, 2.24) is 4.90 Å². The number of nitrogens with zero attached hydrogens (tertiary/aromatic N) is 1. The first-order chi connectivity index (χ1) is 13.0. The third-order valence-corrected chi connectivity index (χ3v) is 4.99. The normalized spacial score (nSPS) is 16.4. The molecule has 1 aliphatic rings. The van der Waals surface area contributed by atoms with Gasteiger partial charge in [-0.15, -0.1) is 0 Å². The molecular formula is C22H27N3O2. The number of hydrogen-bond donors (Lipinski definition) is 2. The largest absolute Gasteiger partial charge is 0.326 e. The fraction of sp³-hybridized carbons (Fsp3) is 0.364. The number of urea groups is 1. The van der Waals surface area contributed by atoms with E-state index >= 15 is 0 Å². The summed E-state index contributed by atoms with van der Waals surface area (Å²) in [6.07, 6.45) is 1.99. The first kappa shape index (κ1) is 19.0. The van der Waals surface area contributed by atoms with Crippen molar-refractivity contribution in [2.24, 2.45) is 5.92 Å². The molecule has 1 heterocycles. The smallest absolute Gasteiger partial charge is 0.322 e. The van der Waals surface area contributed by atoms with Crippen LogP contribution in [0.3, 0.4) is 0 Å². The van der Waals surface area contributed by atoms with Gasteiger partial charge >= 0.3 is 6.03 Å². The highest BCUT2D eigenvalue weighted by Gasteiger charge is 2.30. The summed E-state index contributed by atoms with van der Waals surface area (Å²) in [5.74, 6) is -0.0946. The van der Waals surface area contributed by atoms with Crippen LogP contribution >= 0.6 is 0 Å². The molecule has 0 bridgehead atoms. The van der Waals surface area contributed by atoms with Gasteiger partial charge in [-0.1, -0.05) is 38.1 Å². The summed E-state index contributed by atoms with van der Waals surface area (Å²) >= 11 is 0. The van der Waals surface area contributed by atoms with Gasteiger partial charge in [-0.25, -0.2) is 4.79 Å². The van der Waals surface area contributed by atoms with Crippen LogP contribution in [0.1, 0.15) is 43.9 Å². The van der Waals surface area contributed by atoms with Gasteiger partial charge in [0.2, 0.25) is 5.91 Å². The average molecular weight is 365 g/mol. The summed E-state index contributed by atoms with van der Waals surface area (Å²) in [5.41, 5.74) is 3.88. The van der Waals surface area contributed by atoms with Crippen molar-refractivity contribution in [2.45, 2.75) is 39.7 Å².